The van der Waals surface area contributed by atoms with Crippen molar-refractivity contribution in [2.75, 3.05) is 37.1 Å². The summed E-state index contributed by atoms with van der Waals surface area (Å²) in [5.74, 6) is 1.58. The maximum atomic E-state index is 11.3. The number of esters is 3. The SMILES string of the molecule is C.CCCCC/C=C/C/C=C/CCCCCCCC(=O)OCCS.CCCCC/C=C/C/C=C/CCCCCCCC(=O)OCCS.CCCCC/C=C/C/C=C/CCCCCCCC(=O)OCCS.[Sn]. The van der Waals surface area contributed by atoms with E-state index < -0.39 is 0 Å². The van der Waals surface area contributed by atoms with E-state index in [1.165, 1.54) is 154 Å². The van der Waals surface area contributed by atoms with Crippen molar-refractivity contribution in [1.29, 1.82) is 0 Å². The van der Waals surface area contributed by atoms with Gasteiger partial charge >= 0.3 is 17.9 Å². The Morgan fingerprint density at radius 1 is 0.310 bits per heavy atom. The fourth-order valence-corrected chi connectivity index (χ4v) is 7.21. The number of hydrogen-bond donors (Lipinski definition) is 3. The second kappa shape index (κ2) is 75.2. The third-order valence-corrected chi connectivity index (χ3v) is 11.6. The minimum Gasteiger partial charge on any atom is -0.465 e. The van der Waals surface area contributed by atoms with Gasteiger partial charge in [0.25, 0.3) is 0 Å². The van der Waals surface area contributed by atoms with Gasteiger partial charge in [0.05, 0.1) is 0 Å². The molecule has 0 saturated carbocycles. The average Bonchev–Trinajstić information content (AvgIpc) is 3.35. The number of carbonyl (C=O) groups is 3. The van der Waals surface area contributed by atoms with Gasteiger partial charge in [-0.2, -0.15) is 37.9 Å². The summed E-state index contributed by atoms with van der Waals surface area (Å²) in [5, 5.41) is 0. The summed E-state index contributed by atoms with van der Waals surface area (Å²) >= 11 is 12.0. The first kappa shape index (κ1) is 78.6. The summed E-state index contributed by atoms with van der Waals surface area (Å²) < 4.78 is 14.9. The first-order valence-corrected chi connectivity index (χ1v) is 30.0. The minimum atomic E-state index is -0.0790. The van der Waals surface area contributed by atoms with Gasteiger partial charge in [-0.15, -0.1) is 0 Å². The number of rotatable bonds is 48. The van der Waals surface area contributed by atoms with Crippen LogP contribution in [0.5, 0.6) is 0 Å². The largest absolute Gasteiger partial charge is 0.465 e. The molecule has 0 spiro atoms. The van der Waals surface area contributed by atoms with Gasteiger partial charge in [0.1, 0.15) is 19.8 Å². The number of ether oxygens (including phenoxy) is 3. The van der Waals surface area contributed by atoms with E-state index in [1.807, 2.05) is 0 Å². The van der Waals surface area contributed by atoms with Gasteiger partial charge in [-0.25, -0.2) is 0 Å². The van der Waals surface area contributed by atoms with Crippen LogP contribution in [-0.2, 0) is 28.6 Å². The van der Waals surface area contributed by atoms with Crippen LogP contribution in [-0.4, -0.2) is 78.9 Å². The molecule has 0 aromatic rings. The van der Waals surface area contributed by atoms with E-state index in [0.717, 1.165) is 57.8 Å². The predicted molar refractivity (Wildman–Crippen MR) is 325 cm³/mol. The molecule has 10 heteroatoms. The maximum Gasteiger partial charge on any atom is 0.305 e. The van der Waals surface area contributed by atoms with Crippen molar-refractivity contribution in [1.82, 2.24) is 0 Å². The summed E-state index contributed by atoms with van der Waals surface area (Å²) in [6.45, 7) is 8.02. The van der Waals surface area contributed by atoms with Gasteiger partial charge in [0.2, 0.25) is 0 Å². The van der Waals surface area contributed by atoms with Gasteiger partial charge < -0.3 is 14.2 Å². The van der Waals surface area contributed by atoms with Crippen LogP contribution in [0.25, 0.3) is 0 Å². The molecule has 6 nitrogen and oxygen atoms in total. The molecule has 0 fully saturated rings. The van der Waals surface area contributed by atoms with Gasteiger partial charge in [0.15, 0.2) is 0 Å². The molecule has 71 heavy (non-hydrogen) atoms. The van der Waals surface area contributed by atoms with Crippen LogP contribution < -0.4 is 0 Å². The average molecular weight is 1160 g/mol. The van der Waals surface area contributed by atoms with Gasteiger partial charge in [-0.05, 0) is 116 Å². The third kappa shape index (κ3) is 80.3. The Labute approximate surface area is 474 Å². The molecule has 4 radical (unpaired) electrons. The molecule has 0 aliphatic heterocycles. The van der Waals surface area contributed by atoms with Crippen LogP contribution in [0.2, 0.25) is 0 Å². The van der Waals surface area contributed by atoms with Gasteiger partial charge in [-0.3, -0.25) is 14.4 Å². The molecule has 0 unspecified atom stereocenters. The number of allylic oxidation sites excluding steroid dienone is 12. The van der Waals surface area contributed by atoms with Crippen molar-refractivity contribution in [3.8, 4) is 0 Å². The summed E-state index contributed by atoms with van der Waals surface area (Å²) in [6, 6.07) is 0. The van der Waals surface area contributed by atoms with E-state index in [2.05, 4.69) is 132 Å². The molecule has 0 rings (SSSR count). The molecular formula is C61H112O6S3Sn. The van der Waals surface area contributed by atoms with Crippen molar-refractivity contribution in [3.05, 3.63) is 72.9 Å². The fourth-order valence-electron chi connectivity index (χ4n) is 6.94. The monoisotopic (exact) mass is 1160 g/mol. The molecular weight excluding hydrogens is 1040 g/mol. The third-order valence-electron chi connectivity index (χ3n) is 11.1. The van der Waals surface area contributed by atoms with E-state index >= 15 is 0 Å². The molecule has 0 atom stereocenters. The summed E-state index contributed by atoms with van der Waals surface area (Å²) in [7, 11) is 0. The molecule has 0 bridgehead atoms. The number of thiol groups is 3. The fraction of sp³-hybridized carbons (Fsp3) is 0.754. The smallest absolute Gasteiger partial charge is 0.305 e. The maximum absolute atomic E-state index is 11.3. The van der Waals surface area contributed by atoms with Crippen LogP contribution in [0.4, 0.5) is 0 Å². The molecule has 414 valence electrons. The number of hydrogen-bond acceptors (Lipinski definition) is 9. The van der Waals surface area contributed by atoms with Crippen LogP contribution in [0.15, 0.2) is 72.9 Å². The van der Waals surface area contributed by atoms with Crippen LogP contribution >= 0.6 is 37.9 Å². The van der Waals surface area contributed by atoms with Crippen LogP contribution in [0.1, 0.15) is 259 Å². The minimum absolute atomic E-state index is 0. The summed E-state index contributed by atoms with van der Waals surface area (Å²) in [5.41, 5.74) is 0. The summed E-state index contributed by atoms with van der Waals surface area (Å²) in [6.07, 6.45) is 68.8. The zero-order valence-corrected chi connectivity index (χ0v) is 51.0. The zero-order valence-electron chi connectivity index (χ0n) is 45.4. The number of unbranched alkanes of at least 4 members (excludes halogenated alkanes) is 24. The summed E-state index contributed by atoms with van der Waals surface area (Å²) in [4.78, 5) is 33.8. The molecule has 0 aromatic carbocycles. The van der Waals surface area contributed by atoms with Crippen molar-refractivity contribution < 1.29 is 28.6 Å². The van der Waals surface area contributed by atoms with Crippen molar-refractivity contribution >= 4 is 79.7 Å². The molecule has 0 saturated heterocycles. The Balaban J connectivity index is -0.000000302. The predicted octanol–water partition coefficient (Wildman–Crippen LogP) is 19.1. The first-order chi connectivity index (χ1) is 33.9. The second-order valence-electron chi connectivity index (χ2n) is 17.8. The Morgan fingerprint density at radius 3 is 0.718 bits per heavy atom. The molecule has 0 N–H and O–H groups in total. The van der Waals surface area contributed by atoms with E-state index in [4.69, 9.17) is 14.2 Å². The van der Waals surface area contributed by atoms with Crippen LogP contribution in [0.3, 0.4) is 0 Å². The molecule has 0 aliphatic rings. The molecule has 0 heterocycles. The van der Waals surface area contributed by atoms with Crippen molar-refractivity contribution in [2.24, 2.45) is 0 Å². The van der Waals surface area contributed by atoms with E-state index in [0.29, 0.717) is 56.3 Å². The Kier molecular flexibility index (Phi) is 83.3. The van der Waals surface area contributed by atoms with Gasteiger partial charge in [-0.1, -0.05) is 197 Å². The Morgan fingerprint density at radius 2 is 0.507 bits per heavy atom. The van der Waals surface area contributed by atoms with Crippen molar-refractivity contribution in [2.45, 2.75) is 259 Å². The molecule has 0 aliphatic carbocycles. The Hall–Kier alpha value is -1.30. The molecule has 0 aromatic heterocycles. The topological polar surface area (TPSA) is 78.9 Å². The quantitative estimate of drug-likeness (QED) is 0.0141. The zero-order chi connectivity index (χ0) is 51.0. The standard InChI is InChI=1S/3C20H36O2S.CH4.Sn/c3*1-2-3-4-5-6-7-8-9-10-11-12-13-14-15-16-17-20(21)22-18-19-23;;/h3*6-7,9-10,23H,2-5,8,11-19H2,1H3;1H4;/b3*7-6+,10-9+;;. The second-order valence-corrected chi connectivity index (χ2v) is 19.1. The van der Waals surface area contributed by atoms with Gasteiger partial charge in [0, 0.05) is 60.4 Å². The first-order valence-electron chi connectivity index (χ1n) is 28.1. The van der Waals surface area contributed by atoms with Crippen LogP contribution in [0, 0.1) is 0 Å². The van der Waals surface area contributed by atoms with E-state index in [-0.39, 0.29) is 49.2 Å². The Bertz CT molecular complexity index is 1090. The van der Waals surface area contributed by atoms with Crippen molar-refractivity contribution in [3.63, 3.8) is 0 Å². The van der Waals surface area contributed by atoms with E-state index in [1.54, 1.807) is 0 Å². The normalized spacial score (nSPS) is 11.2. The molecule has 0 amide bonds. The number of carbonyl (C=O) groups excluding carboxylic acids is 3. The van der Waals surface area contributed by atoms with E-state index in [9.17, 15) is 14.4 Å².